The van der Waals surface area contributed by atoms with Crippen molar-refractivity contribution in [2.24, 2.45) is 0 Å². The fourth-order valence-corrected chi connectivity index (χ4v) is 7.33. The highest BCUT2D eigenvalue weighted by Gasteiger charge is 2.33. The minimum Gasteiger partial charge on any atom is -0.393 e. The Balaban J connectivity index is 2.09. The van der Waals surface area contributed by atoms with Crippen molar-refractivity contribution in [2.45, 2.75) is 236 Å². The Bertz CT molecular complexity index is 751. The molecule has 0 saturated heterocycles. The summed E-state index contributed by atoms with van der Waals surface area (Å²) in [6, 6.07) is -0.895. The maximum absolute atomic E-state index is 10.9. The van der Waals surface area contributed by atoms with Gasteiger partial charge in [-0.05, 0) is 37.9 Å². The molecule has 1 aliphatic rings. The molecule has 8 nitrogen and oxygen atoms in total. The van der Waals surface area contributed by atoms with Gasteiger partial charge in [0, 0.05) is 25.6 Å². The van der Waals surface area contributed by atoms with Gasteiger partial charge in [0.15, 0.2) is 5.11 Å². The van der Waals surface area contributed by atoms with Crippen molar-refractivity contribution >= 4 is 17.3 Å². The lowest BCUT2D eigenvalue weighted by Gasteiger charge is -2.34. The zero-order valence-electron chi connectivity index (χ0n) is 31.9. The Labute approximate surface area is 307 Å². The number of aliphatic hydroxyl groups is 5. The number of rotatable bonds is 31. The molecule has 0 bridgehead atoms. The second-order valence-electron chi connectivity index (χ2n) is 15.1. The fraction of sp³-hybridized carbons (Fsp3) is 0.975. The molecule has 1 aliphatic carbocycles. The molecular formula is C40H81N3O5S. The standard InChI is InChI=1S/C40H81N3O5S/c1-3-5-6-7-8-9-10-11-12-13-14-15-16-17-18-19-20-21-22-23-24-27-30-41-40(49)43-35(37(46)31-33(44)4-2)32-42-34-28-25-26-29-36(45)39(48)38(34)47/h33-39,42,44-48H,3-32H2,1-2H3,(H2,41,43,49). The maximum atomic E-state index is 10.9. The van der Waals surface area contributed by atoms with Gasteiger partial charge in [0.2, 0.25) is 0 Å². The number of aliphatic hydroxyl groups excluding tert-OH is 5. The molecule has 0 spiro atoms. The molecule has 0 aromatic carbocycles. The summed E-state index contributed by atoms with van der Waals surface area (Å²) < 4.78 is 0. The molecule has 9 heteroatoms. The van der Waals surface area contributed by atoms with Crippen LogP contribution in [0.15, 0.2) is 0 Å². The van der Waals surface area contributed by atoms with Gasteiger partial charge in [0.25, 0.3) is 0 Å². The van der Waals surface area contributed by atoms with Gasteiger partial charge in [-0.3, -0.25) is 0 Å². The van der Waals surface area contributed by atoms with E-state index < -0.39 is 42.6 Å². The van der Waals surface area contributed by atoms with Crippen molar-refractivity contribution in [3.05, 3.63) is 0 Å². The molecule has 8 N–H and O–H groups in total. The lowest BCUT2D eigenvalue weighted by molar-refractivity contribution is -0.0816. The lowest BCUT2D eigenvalue weighted by atomic mass is 9.90. The Kier molecular flexibility index (Phi) is 30.5. The van der Waals surface area contributed by atoms with E-state index in [9.17, 15) is 25.5 Å². The van der Waals surface area contributed by atoms with Crippen molar-refractivity contribution in [1.29, 1.82) is 0 Å². The number of nitrogens with one attached hydrogen (secondary N) is 3. The fourth-order valence-electron chi connectivity index (χ4n) is 7.07. The summed E-state index contributed by atoms with van der Waals surface area (Å²) >= 11 is 5.55. The summed E-state index contributed by atoms with van der Waals surface area (Å²) in [4.78, 5) is 0. The number of thiocarbonyl (C=S) groups is 1. The molecule has 7 unspecified atom stereocenters. The normalized spacial score (nSPS) is 21.9. The van der Waals surface area contributed by atoms with Crippen molar-refractivity contribution in [2.75, 3.05) is 13.1 Å². The predicted molar refractivity (Wildman–Crippen MR) is 210 cm³/mol. The molecule has 292 valence electrons. The first-order valence-electron chi connectivity index (χ1n) is 21.0. The molecule has 0 aromatic heterocycles. The van der Waals surface area contributed by atoms with Gasteiger partial charge < -0.3 is 41.5 Å². The third-order valence-corrected chi connectivity index (χ3v) is 10.9. The van der Waals surface area contributed by atoms with E-state index >= 15 is 0 Å². The lowest BCUT2D eigenvalue weighted by Crippen LogP contribution is -2.57. The maximum Gasteiger partial charge on any atom is 0.166 e. The molecule has 1 fully saturated rings. The predicted octanol–water partition coefficient (Wildman–Crippen LogP) is 7.56. The largest absolute Gasteiger partial charge is 0.393 e. The van der Waals surface area contributed by atoms with Crippen molar-refractivity contribution in [3.63, 3.8) is 0 Å². The van der Waals surface area contributed by atoms with Gasteiger partial charge in [0.1, 0.15) is 6.10 Å². The van der Waals surface area contributed by atoms with Crippen LogP contribution in [0, 0.1) is 0 Å². The molecule has 0 aliphatic heterocycles. The van der Waals surface area contributed by atoms with E-state index in [1.807, 2.05) is 6.92 Å². The van der Waals surface area contributed by atoms with E-state index in [1.54, 1.807) is 0 Å². The van der Waals surface area contributed by atoms with Crippen LogP contribution >= 0.6 is 12.2 Å². The molecule has 7 atom stereocenters. The van der Waals surface area contributed by atoms with Crippen molar-refractivity contribution in [3.8, 4) is 0 Å². The molecule has 1 saturated carbocycles. The van der Waals surface area contributed by atoms with Gasteiger partial charge in [0.05, 0.1) is 30.5 Å². The summed E-state index contributed by atoms with van der Waals surface area (Å²) in [7, 11) is 0. The number of hydrogen-bond acceptors (Lipinski definition) is 7. The van der Waals surface area contributed by atoms with Crippen LogP contribution in [0.25, 0.3) is 0 Å². The highest BCUT2D eigenvalue weighted by atomic mass is 32.1. The first-order valence-corrected chi connectivity index (χ1v) is 21.4. The molecule has 0 heterocycles. The van der Waals surface area contributed by atoms with E-state index in [4.69, 9.17) is 12.2 Å². The Hall–Kier alpha value is -0.550. The minimum absolute atomic E-state index is 0.215. The van der Waals surface area contributed by atoms with Crippen LogP contribution < -0.4 is 16.0 Å². The van der Waals surface area contributed by atoms with Crippen LogP contribution in [0.5, 0.6) is 0 Å². The van der Waals surface area contributed by atoms with Gasteiger partial charge in [-0.2, -0.15) is 0 Å². The summed E-state index contributed by atoms with van der Waals surface area (Å²) in [5.74, 6) is 0. The zero-order chi connectivity index (χ0) is 36.0. The van der Waals surface area contributed by atoms with E-state index in [2.05, 4.69) is 22.9 Å². The van der Waals surface area contributed by atoms with Crippen LogP contribution in [-0.4, -0.2) is 86.3 Å². The summed E-state index contributed by atoms with van der Waals surface area (Å²) in [5.41, 5.74) is 0. The van der Waals surface area contributed by atoms with Crippen LogP contribution in [0.2, 0.25) is 0 Å². The highest BCUT2D eigenvalue weighted by Crippen LogP contribution is 2.20. The van der Waals surface area contributed by atoms with Crippen LogP contribution in [0.3, 0.4) is 0 Å². The van der Waals surface area contributed by atoms with Gasteiger partial charge in [-0.25, -0.2) is 0 Å². The third kappa shape index (κ3) is 25.1. The van der Waals surface area contributed by atoms with E-state index in [0.29, 0.717) is 30.9 Å². The van der Waals surface area contributed by atoms with E-state index in [-0.39, 0.29) is 6.42 Å². The summed E-state index contributed by atoms with van der Waals surface area (Å²) in [5, 5.41) is 62.4. The van der Waals surface area contributed by atoms with Crippen LogP contribution in [-0.2, 0) is 0 Å². The Morgan fingerprint density at radius 2 is 1.08 bits per heavy atom. The molecule has 0 amide bonds. The van der Waals surface area contributed by atoms with Crippen LogP contribution in [0.4, 0.5) is 0 Å². The van der Waals surface area contributed by atoms with E-state index in [1.165, 1.54) is 135 Å². The van der Waals surface area contributed by atoms with E-state index in [0.717, 1.165) is 25.8 Å². The topological polar surface area (TPSA) is 137 Å². The minimum atomic E-state index is -1.21. The summed E-state index contributed by atoms with van der Waals surface area (Å²) in [6.07, 6.45) is 28.9. The molecule has 49 heavy (non-hydrogen) atoms. The van der Waals surface area contributed by atoms with Gasteiger partial charge >= 0.3 is 0 Å². The molecule has 0 aromatic rings. The Morgan fingerprint density at radius 1 is 0.633 bits per heavy atom. The number of unbranched alkanes of at least 4 members (excludes halogenated alkanes) is 21. The van der Waals surface area contributed by atoms with Crippen molar-refractivity contribution in [1.82, 2.24) is 16.0 Å². The first kappa shape index (κ1) is 46.5. The average molecular weight is 716 g/mol. The zero-order valence-corrected chi connectivity index (χ0v) is 32.7. The SMILES string of the molecule is CCCCCCCCCCCCCCCCCCCCCCCCNC(=S)NC(CNC1CCCCC(O)C(O)C1O)C(O)CC(O)CC. The third-order valence-electron chi connectivity index (χ3n) is 10.6. The quantitative estimate of drug-likeness (QED) is 0.0270. The molecule has 0 radical (unpaired) electrons. The van der Waals surface area contributed by atoms with Crippen molar-refractivity contribution < 1.29 is 25.5 Å². The summed E-state index contributed by atoms with van der Waals surface area (Å²) in [6.45, 7) is 5.23. The second kappa shape index (κ2) is 32.1. The van der Waals surface area contributed by atoms with Crippen LogP contribution in [0.1, 0.15) is 194 Å². The second-order valence-corrected chi connectivity index (χ2v) is 15.6. The number of hydrogen-bond donors (Lipinski definition) is 8. The molecule has 1 rings (SSSR count). The highest BCUT2D eigenvalue weighted by molar-refractivity contribution is 7.80. The monoisotopic (exact) mass is 716 g/mol. The molecular weight excluding hydrogens is 635 g/mol. The Morgan fingerprint density at radius 3 is 1.55 bits per heavy atom. The smallest absolute Gasteiger partial charge is 0.166 e. The average Bonchev–Trinajstić information content (AvgIpc) is 3.09. The first-order chi connectivity index (χ1) is 23.8. The van der Waals surface area contributed by atoms with Gasteiger partial charge in [-0.15, -0.1) is 0 Å². The van der Waals surface area contributed by atoms with Gasteiger partial charge in [-0.1, -0.05) is 162 Å².